The highest BCUT2D eigenvalue weighted by atomic mass is 16.5. The smallest absolute Gasteiger partial charge is 0.254 e. The van der Waals surface area contributed by atoms with Gasteiger partial charge in [-0.3, -0.25) is 4.79 Å². The van der Waals surface area contributed by atoms with Crippen molar-refractivity contribution in [3.8, 4) is 6.07 Å². The number of rotatable bonds is 5. The minimum absolute atomic E-state index is 0.116. The molecule has 1 aromatic rings. The highest BCUT2D eigenvalue weighted by Gasteiger charge is 2.61. The molecule has 1 aromatic carbocycles. The second-order valence-electron chi connectivity index (χ2n) is 7.99. The third-order valence-corrected chi connectivity index (χ3v) is 6.09. The van der Waals surface area contributed by atoms with Gasteiger partial charge in [-0.05, 0) is 37.7 Å². The van der Waals surface area contributed by atoms with Gasteiger partial charge in [0, 0.05) is 32.7 Å². The predicted molar refractivity (Wildman–Crippen MR) is 98.4 cm³/mol. The number of benzene rings is 1. The Balaban J connectivity index is 1.35. The maximum atomic E-state index is 12.6. The van der Waals surface area contributed by atoms with E-state index in [4.69, 9.17) is 10.00 Å². The lowest BCUT2D eigenvalue weighted by Crippen LogP contribution is -2.63. The van der Waals surface area contributed by atoms with Crippen molar-refractivity contribution in [1.29, 1.82) is 5.26 Å². The molecule has 1 amide bonds. The van der Waals surface area contributed by atoms with Gasteiger partial charge < -0.3 is 14.5 Å². The van der Waals surface area contributed by atoms with Gasteiger partial charge in [0.15, 0.2) is 0 Å². The average Bonchev–Trinajstić information content (AvgIpc) is 3.44. The van der Waals surface area contributed by atoms with Crippen molar-refractivity contribution in [2.24, 2.45) is 0 Å². The minimum Gasteiger partial charge on any atom is -0.357 e. The van der Waals surface area contributed by atoms with Crippen LogP contribution < -0.4 is 0 Å². The topological polar surface area (TPSA) is 56.6 Å². The van der Waals surface area contributed by atoms with E-state index in [1.54, 1.807) is 0 Å². The van der Waals surface area contributed by atoms with Crippen molar-refractivity contribution in [1.82, 2.24) is 9.80 Å². The lowest BCUT2D eigenvalue weighted by atomic mass is 9.87. The first kappa shape index (κ1) is 17.5. The first-order valence-electron chi connectivity index (χ1n) is 9.78. The van der Waals surface area contributed by atoms with Gasteiger partial charge in [0.05, 0.1) is 18.1 Å². The molecule has 1 aliphatic carbocycles. The number of nitrogens with zero attached hydrogens (tertiary/aromatic N) is 3. The lowest BCUT2D eigenvalue weighted by Gasteiger charge is -2.50. The minimum atomic E-state index is -0.556. The molecular weight excluding hydrogens is 326 g/mol. The van der Waals surface area contributed by atoms with E-state index in [0.29, 0.717) is 19.5 Å². The molecule has 26 heavy (non-hydrogen) atoms. The SMILES string of the molecule is N#CCCN1CC2(CCN(CCc3ccccc3)CC2)OC2(CC2)C1=O. The molecule has 1 saturated carbocycles. The molecule has 2 aliphatic heterocycles. The normalized spacial score (nSPS) is 24.0. The molecule has 0 unspecified atom stereocenters. The molecule has 0 atom stereocenters. The quantitative estimate of drug-likeness (QED) is 0.815. The summed E-state index contributed by atoms with van der Waals surface area (Å²) in [4.78, 5) is 17.1. The van der Waals surface area contributed by atoms with Gasteiger partial charge in [0.2, 0.25) is 0 Å². The number of carbonyl (C=O) groups is 1. The summed E-state index contributed by atoms with van der Waals surface area (Å²) in [6.45, 7) is 4.30. The summed E-state index contributed by atoms with van der Waals surface area (Å²) in [5.74, 6) is 0.116. The van der Waals surface area contributed by atoms with Gasteiger partial charge in [0.25, 0.3) is 5.91 Å². The Morgan fingerprint density at radius 2 is 1.81 bits per heavy atom. The summed E-state index contributed by atoms with van der Waals surface area (Å²) in [5.41, 5.74) is 0.621. The zero-order chi connectivity index (χ0) is 18.0. The Labute approximate surface area is 155 Å². The van der Waals surface area contributed by atoms with Crippen LogP contribution in [-0.4, -0.2) is 59.6 Å². The number of carbonyl (C=O) groups excluding carboxylic acids is 1. The standard InChI is InChI=1S/C21H27N3O2/c22-12-4-13-24-17-20(26-21(8-9-21)19(24)25)10-15-23(16-11-20)14-7-18-5-2-1-3-6-18/h1-3,5-6H,4,7-11,13-17H2. The van der Waals surface area contributed by atoms with Crippen molar-refractivity contribution in [3.63, 3.8) is 0 Å². The highest BCUT2D eigenvalue weighted by Crippen LogP contribution is 2.49. The van der Waals surface area contributed by atoms with Crippen LogP contribution in [-0.2, 0) is 16.0 Å². The number of hydrogen-bond donors (Lipinski definition) is 0. The maximum Gasteiger partial charge on any atom is 0.254 e. The van der Waals surface area contributed by atoms with E-state index < -0.39 is 5.60 Å². The molecule has 5 nitrogen and oxygen atoms in total. The number of morpholine rings is 1. The van der Waals surface area contributed by atoms with Crippen molar-refractivity contribution >= 4 is 5.91 Å². The number of nitriles is 1. The maximum absolute atomic E-state index is 12.6. The number of ether oxygens (including phenoxy) is 1. The summed E-state index contributed by atoms with van der Waals surface area (Å²) >= 11 is 0. The summed E-state index contributed by atoms with van der Waals surface area (Å²) < 4.78 is 6.45. The van der Waals surface area contributed by atoms with E-state index in [1.165, 1.54) is 5.56 Å². The van der Waals surface area contributed by atoms with Crippen LogP contribution in [0.5, 0.6) is 0 Å². The molecule has 3 aliphatic rings. The van der Waals surface area contributed by atoms with Crippen LogP contribution in [0.3, 0.4) is 0 Å². The third-order valence-electron chi connectivity index (χ3n) is 6.09. The molecule has 2 spiro atoms. The van der Waals surface area contributed by atoms with E-state index in [9.17, 15) is 4.79 Å². The fourth-order valence-corrected chi connectivity index (χ4v) is 4.37. The Bertz CT molecular complexity index is 685. The van der Waals surface area contributed by atoms with Gasteiger partial charge in [-0.2, -0.15) is 5.26 Å². The van der Waals surface area contributed by atoms with Crippen molar-refractivity contribution in [2.45, 2.75) is 49.7 Å². The zero-order valence-electron chi connectivity index (χ0n) is 15.3. The van der Waals surface area contributed by atoms with Gasteiger partial charge in [-0.15, -0.1) is 0 Å². The predicted octanol–water partition coefficient (Wildman–Crippen LogP) is 2.37. The van der Waals surface area contributed by atoms with Crippen LogP contribution in [0.4, 0.5) is 0 Å². The molecule has 2 heterocycles. The van der Waals surface area contributed by atoms with Crippen molar-refractivity contribution in [3.05, 3.63) is 35.9 Å². The van der Waals surface area contributed by atoms with Crippen LogP contribution in [0.15, 0.2) is 30.3 Å². The zero-order valence-corrected chi connectivity index (χ0v) is 15.3. The number of piperidine rings is 1. The van der Waals surface area contributed by atoms with Crippen molar-refractivity contribution < 1.29 is 9.53 Å². The van der Waals surface area contributed by atoms with Crippen LogP contribution in [0.1, 0.15) is 37.7 Å². The summed E-state index contributed by atoms with van der Waals surface area (Å²) in [7, 11) is 0. The van der Waals surface area contributed by atoms with Crippen LogP contribution in [0.2, 0.25) is 0 Å². The van der Waals surface area contributed by atoms with Crippen LogP contribution >= 0.6 is 0 Å². The van der Waals surface area contributed by atoms with Gasteiger partial charge in [0.1, 0.15) is 5.60 Å². The molecule has 4 rings (SSSR count). The molecule has 0 bridgehead atoms. The summed E-state index contributed by atoms with van der Waals surface area (Å²) in [5, 5.41) is 8.89. The number of amides is 1. The Morgan fingerprint density at radius 1 is 1.08 bits per heavy atom. The lowest BCUT2D eigenvalue weighted by molar-refractivity contribution is -0.200. The molecule has 0 aromatic heterocycles. The molecule has 2 saturated heterocycles. The fourth-order valence-electron chi connectivity index (χ4n) is 4.37. The van der Waals surface area contributed by atoms with Gasteiger partial charge in [-0.1, -0.05) is 30.3 Å². The Kier molecular flexibility index (Phi) is 4.73. The molecule has 5 heteroatoms. The first-order chi connectivity index (χ1) is 12.6. The van der Waals surface area contributed by atoms with Crippen molar-refractivity contribution in [2.75, 3.05) is 32.7 Å². The van der Waals surface area contributed by atoms with Gasteiger partial charge in [-0.25, -0.2) is 0 Å². The molecule has 138 valence electrons. The Morgan fingerprint density at radius 3 is 2.46 bits per heavy atom. The van der Waals surface area contributed by atoms with E-state index in [-0.39, 0.29) is 11.5 Å². The second kappa shape index (κ2) is 7.02. The van der Waals surface area contributed by atoms with E-state index >= 15 is 0 Å². The van der Waals surface area contributed by atoms with E-state index in [2.05, 4.69) is 41.3 Å². The number of hydrogen-bond acceptors (Lipinski definition) is 4. The number of likely N-dealkylation sites (tertiary alicyclic amines) is 1. The molecular formula is C21H27N3O2. The molecule has 0 radical (unpaired) electrons. The van der Waals surface area contributed by atoms with E-state index in [1.807, 2.05) is 4.90 Å². The monoisotopic (exact) mass is 353 g/mol. The Hall–Kier alpha value is -1.90. The second-order valence-corrected chi connectivity index (χ2v) is 7.99. The highest BCUT2D eigenvalue weighted by molar-refractivity contribution is 5.89. The largest absolute Gasteiger partial charge is 0.357 e. The average molecular weight is 353 g/mol. The summed E-state index contributed by atoms with van der Waals surface area (Å²) in [6.07, 6.45) is 5.11. The van der Waals surface area contributed by atoms with Gasteiger partial charge >= 0.3 is 0 Å². The van der Waals surface area contributed by atoms with E-state index in [0.717, 1.165) is 51.7 Å². The third kappa shape index (κ3) is 3.49. The molecule has 3 fully saturated rings. The van der Waals surface area contributed by atoms with Crippen LogP contribution in [0.25, 0.3) is 0 Å². The molecule has 0 N–H and O–H groups in total. The first-order valence-corrected chi connectivity index (χ1v) is 9.78. The van der Waals surface area contributed by atoms with Crippen LogP contribution in [0, 0.1) is 11.3 Å². The summed E-state index contributed by atoms with van der Waals surface area (Å²) in [6, 6.07) is 12.8. The fraction of sp³-hybridized carbons (Fsp3) is 0.619.